The summed E-state index contributed by atoms with van der Waals surface area (Å²) >= 11 is 6.19. The molecule has 5 heteroatoms. The molecule has 2 N–H and O–H groups in total. The largest absolute Gasteiger partial charge is 0.346 e. The molecule has 2 aliphatic rings. The minimum atomic E-state index is -0.251. The zero-order valence-corrected chi connectivity index (χ0v) is 14.4. The SMILES string of the molecule is O=C(NC1(c2cccc(Cl)c2)CCCC1)C1CCc2[nH]ncc2C1. The first-order valence-electron chi connectivity index (χ1n) is 8.75. The van der Waals surface area contributed by atoms with Crippen LogP contribution in [0.25, 0.3) is 0 Å². The zero-order chi connectivity index (χ0) is 16.6. The van der Waals surface area contributed by atoms with Crippen LogP contribution in [0.5, 0.6) is 0 Å². The lowest BCUT2D eigenvalue weighted by Crippen LogP contribution is -2.47. The topological polar surface area (TPSA) is 57.8 Å². The first kappa shape index (κ1) is 15.7. The van der Waals surface area contributed by atoms with E-state index in [-0.39, 0.29) is 17.4 Å². The molecule has 4 rings (SSSR count). The van der Waals surface area contributed by atoms with Gasteiger partial charge in [-0.25, -0.2) is 0 Å². The van der Waals surface area contributed by atoms with Crippen LogP contribution >= 0.6 is 11.6 Å². The third kappa shape index (κ3) is 2.84. The number of halogens is 1. The van der Waals surface area contributed by atoms with Gasteiger partial charge in [-0.1, -0.05) is 36.6 Å². The van der Waals surface area contributed by atoms with Gasteiger partial charge in [-0.3, -0.25) is 9.89 Å². The summed E-state index contributed by atoms with van der Waals surface area (Å²) in [5.41, 5.74) is 3.26. The molecule has 0 aliphatic heterocycles. The highest BCUT2D eigenvalue weighted by Gasteiger charge is 2.39. The lowest BCUT2D eigenvalue weighted by molar-refractivity contribution is -0.127. The Labute approximate surface area is 147 Å². The van der Waals surface area contributed by atoms with Crippen molar-refractivity contribution in [1.82, 2.24) is 15.5 Å². The van der Waals surface area contributed by atoms with Crippen LogP contribution in [0.1, 0.15) is 48.9 Å². The number of aromatic amines is 1. The molecule has 1 saturated carbocycles. The predicted molar refractivity (Wildman–Crippen MR) is 93.8 cm³/mol. The maximum absolute atomic E-state index is 13.0. The highest BCUT2D eigenvalue weighted by molar-refractivity contribution is 6.30. The molecule has 0 saturated heterocycles. The van der Waals surface area contributed by atoms with Gasteiger partial charge in [0.1, 0.15) is 0 Å². The van der Waals surface area contributed by atoms with E-state index in [9.17, 15) is 4.79 Å². The molecule has 0 bridgehead atoms. The molecule has 1 fully saturated rings. The number of carbonyl (C=O) groups excluding carboxylic acids is 1. The van der Waals surface area contributed by atoms with Crippen LogP contribution in [0.2, 0.25) is 5.02 Å². The summed E-state index contributed by atoms with van der Waals surface area (Å²) in [5.74, 6) is 0.204. The summed E-state index contributed by atoms with van der Waals surface area (Å²) in [7, 11) is 0. The molecule has 4 nitrogen and oxygen atoms in total. The summed E-state index contributed by atoms with van der Waals surface area (Å²) in [6, 6.07) is 7.95. The van der Waals surface area contributed by atoms with Gasteiger partial charge in [0.25, 0.3) is 0 Å². The van der Waals surface area contributed by atoms with Crippen LogP contribution in [-0.2, 0) is 23.2 Å². The third-order valence-corrected chi connectivity index (χ3v) is 5.82. The summed E-state index contributed by atoms with van der Waals surface area (Å²) in [6.45, 7) is 0. The number of hydrogen-bond acceptors (Lipinski definition) is 2. The van der Waals surface area contributed by atoms with E-state index in [1.807, 2.05) is 24.4 Å². The van der Waals surface area contributed by atoms with Gasteiger partial charge < -0.3 is 5.32 Å². The highest BCUT2D eigenvalue weighted by Crippen LogP contribution is 2.40. The number of aryl methyl sites for hydroxylation is 1. The van der Waals surface area contributed by atoms with Crippen molar-refractivity contribution in [3.05, 3.63) is 52.3 Å². The normalized spacial score (nSPS) is 22.1. The van der Waals surface area contributed by atoms with E-state index < -0.39 is 0 Å². The van der Waals surface area contributed by atoms with Crippen LogP contribution in [0.4, 0.5) is 0 Å². The summed E-state index contributed by atoms with van der Waals surface area (Å²) in [5, 5.41) is 11.3. The molecule has 2 aliphatic carbocycles. The molecule has 1 aromatic heterocycles. The smallest absolute Gasteiger partial charge is 0.224 e. The van der Waals surface area contributed by atoms with Gasteiger partial charge in [0.05, 0.1) is 11.7 Å². The number of hydrogen-bond donors (Lipinski definition) is 2. The van der Waals surface area contributed by atoms with Crippen LogP contribution < -0.4 is 5.32 Å². The number of aromatic nitrogens is 2. The third-order valence-electron chi connectivity index (χ3n) is 5.58. The van der Waals surface area contributed by atoms with Gasteiger partial charge in [-0.2, -0.15) is 5.10 Å². The lowest BCUT2D eigenvalue weighted by atomic mass is 9.84. The number of benzene rings is 1. The van der Waals surface area contributed by atoms with Gasteiger partial charge >= 0.3 is 0 Å². The molecule has 2 aromatic rings. The zero-order valence-electron chi connectivity index (χ0n) is 13.6. The number of rotatable bonds is 3. The molecule has 1 heterocycles. The number of fused-ring (bicyclic) bond motifs is 1. The van der Waals surface area contributed by atoms with Crippen molar-refractivity contribution in [3.63, 3.8) is 0 Å². The number of H-pyrrole nitrogens is 1. The fourth-order valence-corrected chi connectivity index (χ4v) is 4.42. The Morgan fingerprint density at radius 2 is 2.17 bits per heavy atom. The minimum Gasteiger partial charge on any atom is -0.346 e. The van der Waals surface area contributed by atoms with Crippen LogP contribution in [0.3, 0.4) is 0 Å². The van der Waals surface area contributed by atoms with E-state index >= 15 is 0 Å². The van der Waals surface area contributed by atoms with Crippen molar-refractivity contribution in [3.8, 4) is 0 Å². The first-order chi connectivity index (χ1) is 11.7. The van der Waals surface area contributed by atoms with E-state index in [2.05, 4.69) is 21.6 Å². The van der Waals surface area contributed by atoms with Crippen LogP contribution in [0, 0.1) is 5.92 Å². The number of nitrogens with one attached hydrogen (secondary N) is 2. The maximum Gasteiger partial charge on any atom is 0.224 e. The van der Waals surface area contributed by atoms with Gasteiger partial charge in [0.15, 0.2) is 0 Å². The summed E-state index contributed by atoms with van der Waals surface area (Å²) in [6.07, 6.45) is 8.68. The second-order valence-electron chi connectivity index (χ2n) is 7.10. The summed E-state index contributed by atoms with van der Waals surface area (Å²) < 4.78 is 0. The number of carbonyl (C=O) groups is 1. The van der Waals surface area contributed by atoms with Gasteiger partial charge in [-0.05, 0) is 55.4 Å². The minimum absolute atomic E-state index is 0.0340. The molecular formula is C19H22ClN3O. The van der Waals surface area contributed by atoms with Gasteiger partial charge in [0, 0.05) is 16.6 Å². The van der Waals surface area contributed by atoms with Crippen molar-refractivity contribution < 1.29 is 4.79 Å². The Balaban J connectivity index is 1.54. The molecule has 1 unspecified atom stereocenters. The van der Waals surface area contributed by atoms with Crippen LogP contribution in [0.15, 0.2) is 30.5 Å². The molecule has 0 radical (unpaired) electrons. The van der Waals surface area contributed by atoms with Crippen molar-refractivity contribution in [2.24, 2.45) is 5.92 Å². The van der Waals surface area contributed by atoms with Crippen LogP contribution in [-0.4, -0.2) is 16.1 Å². The number of amides is 1. The van der Waals surface area contributed by atoms with E-state index in [4.69, 9.17) is 11.6 Å². The molecule has 24 heavy (non-hydrogen) atoms. The predicted octanol–water partition coefficient (Wildman–Crippen LogP) is 3.75. The van der Waals surface area contributed by atoms with Gasteiger partial charge in [-0.15, -0.1) is 0 Å². The molecule has 0 spiro atoms. The first-order valence-corrected chi connectivity index (χ1v) is 9.13. The van der Waals surface area contributed by atoms with Crippen molar-refractivity contribution in [2.45, 2.75) is 50.5 Å². The van der Waals surface area contributed by atoms with Gasteiger partial charge in [0.2, 0.25) is 5.91 Å². The fourth-order valence-electron chi connectivity index (χ4n) is 4.23. The van der Waals surface area contributed by atoms with E-state index in [1.54, 1.807) is 0 Å². The lowest BCUT2D eigenvalue weighted by Gasteiger charge is -2.33. The Bertz CT molecular complexity index is 749. The van der Waals surface area contributed by atoms with E-state index in [1.165, 1.54) is 11.3 Å². The Hall–Kier alpha value is -1.81. The standard InChI is InChI=1S/C19H22ClN3O/c20-16-5-3-4-15(11-16)19(8-1-2-9-19)22-18(24)13-6-7-17-14(10-13)12-21-23-17/h3-5,11-13H,1-2,6-10H2,(H,21,23)(H,22,24). The molecular weight excluding hydrogens is 322 g/mol. The average molecular weight is 344 g/mol. The quantitative estimate of drug-likeness (QED) is 0.891. The number of nitrogens with zero attached hydrogens (tertiary/aromatic N) is 1. The second-order valence-corrected chi connectivity index (χ2v) is 7.54. The molecule has 1 aromatic carbocycles. The average Bonchev–Trinajstić information content (AvgIpc) is 3.23. The molecule has 1 amide bonds. The van der Waals surface area contributed by atoms with Crippen molar-refractivity contribution in [1.29, 1.82) is 0 Å². The Morgan fingerprint density at radius 3 is 2.96 bits per heavy atom. The Kier molecular flexibility index (Phi) is 4.09. The monoisotopic (exact) mass is 343 g/mol. The molecule has 1 atom stereocenters. The fraction of sp³-hybridized carbons (Fsp3) is 0.474. The van der Waals surface area contributed by atoms with E-state index in [0.717, 1.165) is 55.5 Å². The van der Waals surface area contributed by atoms with E-state index in [0.29, 0.717) is 0 Å². The molecule has 126 valence electrons. The highest BCUT2D eigenvalue weighted by atomic mass is 35.5. The van der Waals surface area contributed by atoms with Crippen molar-refractivity contribution >= 4 is 17.5 Å². The summed E-state index contributed by atoms with van der Waals surface area (Å²) in [4.78, 5) is 13.0. The second kappa shape index (κ2) is 6.25. The Morgan fingerprint density at radius 1 is 1.33 bits per heavy atom. The maximum atomic E-state index is 13.0. The van der Waals surface area contributed by atoms with Crippen molar-refractivity contribution in [2.75, 3.05) is 0 Å².